The average molecular weight is 324 g/mol. The molecule has 2 aromatic rings. The number of rotatable bonds is 4. The fraction of sp³-hybridized carbons (Fsp3) is 0.0667. The maximum absolute atomic E-state index is 11.7. The molecule has 0 radical (unpaired) electrons. The molecule has 6 heteroatoms. The molecule has 0 aromatic heterocycles. The molecular weight excluding hydrogens is 313 g/mol. The molecule has 0 atom stereocenters. The second kappa shape index (κ2) is 7.11. The van der Waals surface area contributed by atoms with Crippen LogP contribution in [0.1, 0.15) is 10.4 Å². The summed E-state index contributed by atoms with van der Waals surface area (Å²) in [5.41, 5.74) is 0.866. The predicted molar refractivity (Wildman–Crippen MR) is 81.8 cm³/mol. The van der Waals surface area contributed by atoms with Gasteiger partial charge in [-0.2, -0.15) is 0 Å². The largest absolute Gasteiger partial charge is 0.452 e. The lowest BCUT2D eigenvalue weighted by atomic mass is 10.2. The number of carbonyl (C=O) groups excluding carboxylic acids is 2. The Kier molecular flexibility index (Phi) is 5.20. The molecule has 0 saturated carbocycles. The third kappa shape index (κ3) is 4.77. The summed E-state index contributed by atoms with van der Waals surface area (Å²) in [6, 6.07) is 12.9. The zero-order valence-corrected chi connectivity index (χ0v) is 12.3. The van der Waals surface area contributed by atoms with Gasteiger partial charge in [0.2, 0.25) is 0 Å². The van der Waals surface area contributed by atoms with Crippen LogP contribution in [0.15, 0.2) is 48.5 Å². The van der Waals surface area contributed by atoms with E-state index in [1.54, 1.807) is 36.4 Å². The molecule has 0 spiro atoms. The smallest absolute Gasteiger partial charge is 0.338 e. The number of carbonyl (C=O) groups is 2. The quantitative estimate of drug-likeness (QED) is 0.871. The van der Waals surface area contributed by atoms with Gasteiger partial charge in [-0.3, -0.25) is 4.79 Å². The molecule has 108 valence electrons. The summed E-state index contributed by atoms with van der Waals surface area (Å²) in [6.07, 6.45) is 0. The van der Waals surface area contributed by atoms with E-state index in [1.165, 1.54) is 12.1 Å². The highest BCUT2D eigenvalue weighted by Gasteiger charge is 2.10. The van der Waals surface area contributed by atoms with Crippen molar-refractivity contribution in [2.45, 2.75) is 0 Å². The summed E-state index contributed by atoms with van der Waals surface area (Å²) in [5, 5.41) is 3.60. The standard InChI is InChI=1S/C15H11Cl2NO3/c16-11-6-4-10(5-7-11)15(20)21-9-14(19)18-13-3-1-2-12(17)8-13/h1-8H,9H2,(H,18,19). The number of anilines is 1. The van der Waals surface area contributed by atoms with Crippen molar-refractivity contribution in [1.29, 1.82) is 0 Å². The van der Waals surface area contributed by atoms with E-state index < -0.39 is 11.9 Å². The van der Waals surface area contributed by atoms with Crippen LogP contribution in [0, 0.1) is 0 Å². The molecule has 0 heterocycles. The van der Waals surface area contributed by atoms with Gasteiger partial charge in [0.1, 0.15) is 0 Å². The van der Waals surface area contributed by atoms with Crippen LogP contribution in [0.4, 0.5) is 5.69 Å². The van der Waals surface area contributed by atoms with E-state index in [0.717, 1.165) is 0 Å². The maximum atomic E-state index is 11.7. The zero-order chi connectivity index (χ0) is 15.2. The molecule has 2 rings (SSSR count). The monoisotopic (exact) mass is 323 g/mol. The number of benzene rings is 2. The molecule has 0 aliphatic rings. The van der Waals surface area contributed by atoms with Crippen molar-refractivity contribution in [3.63, 3.8) is 0 Å². The van der Waals surface area contributed by atoms with E-state index in [1.807, 2.05) is 0 Å². The van der Waals surface area contributed by atoms with Crippen LogP contribution in [0.5, 0.6) is 0 Å². The lowest BCUT2D eigenvalue weighted by Gasteiger charge is -2.07. The summed E-state index contributed by atoms with van der Waals surface area (Å²) >= 11 is 11.5. The van der Waals surface area contributed by atoms with Crippen molar-refractivity contribution in [2.75, 3.05) is 11.9 Å². The Labute approximate surface area is 131 Å². The van der Waals surface area contributed by atoms with Gasteiger partial charge in [-0.25, -0.2) is 4.79 Å². The minimum atomic E-state index is -0.590. The van der Waals surface area contributed by atoms with E-state index in [9.17, 15) is 9.59 Å². The van der Waals surface area contributed by atoms with E-state index in [4.69, 9.17) is 27.9 Å². The first-order valence-corrected chi connectivity index (χ1v) is 6.78. The first-order chi connectivity index (χ1) is 10.0. The number of nitrogens with one attached hydrogen (secondary N) is 1. The van der Waals surface area contributed by atoms with Crippen LogP contribution in [0.3, 0.4) is 0 Å². The minimum Gasteiger partial charge on any atom is -0.452 e. The van der Waals surface area contributed by atoms with Crippen LogP contribution >= 0.6 is 23.2 Å². The highest BCUT2D eigenvalue weighted by molar-refractivity contribution is 6.31. The molecule has 0 bridgehead atoms. The van der Waals surface area contributed by atoms with Crippen LogP contribution in [-0.2, 0) is 9.53 Å². The molecule has 2 aromatic carbocycles. The number of esters is 1. The molecule has 0 saturated heterocycles. The van der Waals surface area contributed by atoms with Crippen molar-refractivity contribution in [2.24, 2.45) is 0 Å². The maximum Gasteiger partial charge on any atom is 0.338 e. The van der Waals surface area contributed by atoms with Gasteiger partial charge >= 0.3 is 5.97 Å². The third-order valence-corrected chi connectivity index (χ3v) is 3.01. The van der Waals surface area contributed by atoms with Gasteiger partial charge in [-0.1, -0.05) is 29.3 Å². The van der Waals surface area contributed by atoms with Crippen molar-refractivity contribution < 1.29 is 14.3 Å². The molecule has 0 unspecified atom stereocenters. The van der Waals surface area contributed by atoms with Gasteiger partial charge in [0, 0.05) is 15.7 Å². The number of amides is 1. The number of hydrogen-bond donors (Lipinski definition) is 1. The second-order valence-corrected chi connectivity index (χ2v) is 5.01. The Morgan fingerprint density at radius 2 is 1.71 bits per heavy atom. The minimum absolute atomic E-state index is 0.329. The Balaban J connectivity index is 1.86. The van der Waals surface area contributed by atoms with Crippen LogP contribution < -0.4 is 5.32 Å². The summed E-state index contributed by atoms with van der Waals surface area (Å²) < 4.78 is 4.91. The van der Waals surface area contributed by atoms with E-state index >= 15 is 0 Å². The van der Waals surface area contributed by atoms with E-state index in [2.05, 4.69) is 5.32 Å². The molecule has 0 aliphatic carbocycles. The van der Waals surface area contributed by atoms with Gasteiger partial charge in [-0.15, -0.1) is 0 Å². The van der Waals surface area contributed by atoms with Gasteiger partial charge in [0.25, 0.3) is 5.91 Å². The molecule has 4 nitrogen and oxygen atoms in total. The molecule has 21 heavy (non-hydrogen) atoms. The topological polar surface area (TPSA) is 55.4 Å². The lowest BCUT2D eigenvalue weighted by molar-refractivity contribution is -0.119. The van der Waals surface area contributed by atoms with Crippen LogP contribution in [-0.4, -0.2) is 18.5 Å². The Hall–Kier alpha value is -2.04. The van der Waals surface area contributed by atoms with Crippen molar-refractivity contribution in [1.82, 2.24) is 0 Å². The third-order valence-electron chi connectivity index (χ3n) is 2.52. The zero-order valence-electron chi connectivity index (χ0n) is 10.8. The first kappa shape index (κ1) is 15.4. The Morgan fingerprint density at radius 3 is 2.38 bits per heavy atom. The Morgan fingerprint density at radius 1 is 1.00 bits per heavy atom. The first-order valence-electron chi connectivity index (χ1n) is 6.03. The number of hydrogen-bond acceptors (Lipinski definition) is 3. The predicted octanol–water partition coefficient (Wildman–Crippen LogP) is 3.79. The summed E-state index contributed by atoms with van der Waals surface area (Å²) in [6.45, 7) is -0.381. The van der Waals surface area contributed by atoms with Gasteiger partial charge in [0.05, 0.1) is 5.56 Å². The van der Waals surface area contributed by atoms with E-state index in [-0.39, 0.29) is 6.61 Å². The highest BCUT2D eigenvalue weighted by atomic mass is 35.5. The molecule has 0 fully saturated rings. The van der Waals surface area contributed by atoms with Gasteiger partial charge < -0.3 is 10.1 Å². The summed E-state index contributed by atoms with van der Waals surface area (Å²) in [7, 11) is 0. The lowest BCUT2D eigenvalue weighted by Crippen LogP contribution is -2.20. The van der Waals surface area contributed by atoms with Crippen LogP contribution in [0.25, 0.3) is 0 Å². The number of ether oxygens (including phenoxy) is 1. The van der Waals surface area contributed by atoms with Gasteiger partial charge in [-0.05, 0) is 42.5 Å². The van der Waals surface area contributed by atoms with Crippen molar-refractivity contribution in [3.8, 4) is 0 Å². The molecular formula is C15H11Cl2NO3. The van der Waals surface area contributed by atoms with Gasteiger partial charge in [0.15, 0.2) is 6.61 Å². The van der Waals surface area contributed by atoms with Crippen LogP contribution in [0.2, 0.25) is 10.0 Å². The highest BCUT2D eigenvalue weighted by Crippen LogP contribution is 2.15. The normalized spacial score (nSPS) is 10.0. The summed E-state index contributed by atoms with van der Waals surface area (Å²) in [4.78, 5) is 23.4. The second-order valence-electron chi connectivity index (χ2n) is 4.14. The summed E-state index contributed by atoms with van der Waals surface area (Å²) in [5.74, 6) is -1.03. The van der Waals surface area contributed by atoms with Crippen molar-refractivity contribution >= 4 is 40.8 Å². The van der Waals surface area contributed by atoms with Crippen molar-refractivity contribution in [3.05, 3.63) is 64.1 Å². The fourth-order valence-corrected chi connectivity index (χ4v) is 1.88. The number of halogens is 2. The molecule has 0 aliphatic heterocycles. The van der Waals surface area contributed by atoms with E-state index in [0.29, 0.717) is 21.3 Å². The molecule has 1 N–H and O–H groups in total. The SMILES string of the molecule is O=C(COC(=O)c1ccc(Cl)cc1)Nc1cccc(Cl)c1. The Bertz CT molecular complexity index is 656. The molecule has 1 amide bonds. The fourth-order valence-electron chi connectivity index (χ4n) is 1.56. The average Bonchev–Trinajstić information content (AvgIpc) is 2.45.